The number of nitrogens with zero attached hydrogens (tertiary/aromatic N) is 1. The minimum atomic E-state index is 0.854. The van der Waals surface area contributed by atoms with E-state index in [0.717, 1.165) is 88.8 Å². The second kappa shape index (κ2) is 13.1. The molecule has 0 bridgehead atoms. The monoisotopic (exact) mass is 759 g/mol. The van der Waals surface area contributed by atoms with Crippen molar-refractivity contribution in [2.75, 3.05) is 4.90 Å². The molecule has 0 unspecified atom stereocenters. The van der Waals surface area contributed by atoms with Crippen molar-refractivity contribution in [3.05, 3.63) is 200 Å². The second-order valence-electron chi connectivity index (χ2n) is 14.8. The van der Waals surface area contributed by atoms with Crippen LogP contribution in [0, 0.1) is 0 Å². The van der Waals surface area contributed by atoms with E-state index in [2.05, 4.69) is 187 Å². The van der Waals surface area contributed by atoms with Gasteiger partial charge in [-0.05, 0) is 89.0 Å². The van der Waals surface area contributed by atoms with Crippen LogP contribution in [0.4, 0.5) is 17.1 Å². The highest BCUT2D eigenvalue weighted by atomic mass is 32.1. The van der Waals surface area contributed by atoms with Crippen LogP contribution in [0.3, 0.4) is 0 Å². The average molecular weight is 760 g/mol. The fraction of sp³-hybridized carbons (Fsp3) is 0. The largest absolute Gasteiger partial charge is 0.456 e. The molecule has 12 aromatic rings. The SMILES string of the molecule is c1ccc(N(c2ccccc2)c2ccc(-c3ccc(-c4ccc5c(oc6ccc7oc8ccccc8c7c65)c4-c4cccc5c4sc4ccccc45)cc3)cc2)cc1. The molecule has 0 radical (unpaired) electrons. The van der Waals surface area contributed by atoms with E-state index in [1.807, 2.05) is 29.5 Å². The predicted molar refractivity (Wildman–Crippen MR) is 245 cm³/mol. The van der Waals surface area contributed by atoms with Gasteiger partial charge in [-0.15, -0.1) is 11.3 Å². The molecule has 0 atom stereocenters. The third-order valence-corrected chi connectivity index (χ3v) is 12.7. The lowest BCUT2D eigenvalue weighted by atomic mass is 9.90. The Hall–Kier alpha value is -7.40. The summed E-state index contributed by atoms with van der Waals surface area (Å²) in [5.74, 6) is 0. The number of para-hydroxylation sites is 3. The Morgan fingerprint density at radius 2 is 0.914 bits per heavy atom. The Kier molecular flexibility index (Phi) is 7.40. The minimum absolute atomic E-state index is 0.854. The summed E-state index contributed by atoms with van der Waals surface area (Å²) >= 11 is 1.85. The van der Waals surface area contributed by atoms with E-state index in [0.29, 0.717) is 0 Å². The van der Waals surface area contributed by atoms with Gasteiger partial charge in [0.15, 0.2) is 0 Å². The highest BCUT2D eigenvalue weighted by molar-refractivity contribution is 7.26. The number of hydrogen-bond acceptors (Lipinski definition) is 4. The number of benzene rings is 9. The molecule has 0 fully saturated rings. The van der Waals surface area contributed by atoms with Crippen LogP contribution < -0.4 is 4.90 Å². The van der Waals surface area contributed by atoms with Crippen molar-refractivity contribution in [1.29, 1.82) is 0 Å². The lowest BCUT2D eigenvalue weighted by molar-refractivity contribution is 0.663. The van der Waals surface area contributed by atoms with Crippen molar-refractivity contribution in [2.45, 2.75) is 0 Å². The highest BCUT2D eigenvalue weighted by Gasteiger charge is 2.23. The number of hydrogen-bond donors (Lipinski definition) is 0. The van der Waals surface area contributed by atoms with Gasteiger partial charge in [0.25, 0.3) is 0 Å². The van der Waals surface area contributed by atoms with Gasteiger partial charge in [0, 0.05) is 69.9 Å². The van der Waals surface area contributed by atoms with Crippen molar-refractivity contribution in [1.82, 2.24) is 0 Å². The van der Waals surface area contributed by atoms with Crippen LogP contribution in [0.2, 0.25) is 0 Å². The summed E-state index contributed by atoms with van der Waals surface area (Å²) in [7, 11) is 0. The summed E-state index contributed by atoms with van der Waals surface area (Å²) in [6, 6.07) is 71.2. The molecule has 0 aliphatic heterocycles. The lowest BCUT2D eigenvalue weighted by Gasteiger charge is -2.25. The zero-order valence-electron chi connectivity index (χ0n) is 31.2. The summed E-state index contributed by atoms with van der Waals surface area (Å²) in [6.07, 6.45) is 0. The Balaban J connectivity index is 1.01. The molecule has 12 rings (SSSR count). The van der Waals surface area contributed by atoms with Crippen LogP contribution in [0.5, 0.6) is 0 Å². The van der Waals surface area contributed by atoms with E-state index >= 15 is 0 Å². The fourth-order valence-corrected chi connectivity index (χ4v) is 10.1. The standard InChI is InChI=1S/C54H33NO2S/c1-3-12-37(13-4-1)55(38-14-5-2-6-15-38)39-28-26-35(27-29-39)34-22-24-36(25-23-34)40-30-31-44-52-48(33-32-47-51(52)43-17-7-9-20-46(43)56-47)57-53(44)50(40)45-19-11-18-42-41-16-8-10-21-49(41)58-54(42)45/h1-33H. The van der Waals surface area contributed by atoms with E-state index in [4.69, 9.17) is 8.83 Å². The van der Waals surface area contributed by atoms with E-state index < -0.39 is 0 Å². The zero-order chi connectivity index (χ0) is 38.2. The van der Waals surface area contributed by atoms with Crippen molar-refractivity contribution in [2.24, 2.45) is 0 Å². The first kappa shape index (κ1) is 32.8. The maximum absolute atomic E-state index is 7.00. The van der Waals surface area contributed by atoms with E-state index in [9.17, 15) is 0 Å². The van der Waals surface area contributed by atoms with Crippen molar-refractivity contribution in [3.63, 3.8) is 0 Å². The van der Waals surface area contributed by atoms with Gasteiger partial charge in [0.1, 0.15) is 22.3 Å². The van der Waals surface area contributed by atoms with Crippen LogP contribution in [0.25, 0.3) is 97.4 Å². The zero-order valence-corrected chi connectivity index (χ0v) is 32.0. The third kappa shape index (κ3) is 5.12. The molecule has 0 saturated heterocycles. The molecule has 272 valence electrons. The molecule has 0 amide bonds. The fourth-order valence-electron chi connectivity index (χ4n) is 8.84. The van der Waals surface area contributed by atoms with Crippen LogP contribution >= 0.6 is 11.3 Å². The molecule has 0 aliphatic rings. The second-order valence-corrected chi connectivity index (χ2v) is 15.8. The van der Waals surface area contributed by atoms with Gasteiger partial charge in [0.2, 0.25) is 0 Å². The number of thiophene rings is 1. The summed E-state index contributed by atoms with van der Waals surface area (Å²) in [5, 5.41) is 6.90. The van der Waals surface area contributed by atoms with Gasteiger partial charge in [0.05, 0.1) is 0 Å². The summed E-state index contributed by atoms with van der Waals surface area (Å²) in [5.41, 5.74) is 13.7. The molecule has 0 aliphatic carbocycles. The van der Waals surface area contributed by atoms with Crippen LogP contribution in [-0.2, 0) is 0 Å². The first-order valence-electron chi connectivity index (χ1n) is 19.6. The Labute approximate surface area is 338 Å². The molecule has 4 heteroatoms. The molecule has 3 nitrogen and oxygen atoms in total. The Morgan fingerprint density at radius 3 is 1.66 bits per heavy atom. The van der Waals surface area contributed by atoms with Crippen LogP contribution in [-0.4, -0.2) is 0 Å². The van der Waals surface area contributed by atoms with Gasteiger partial charge >= 0.3 is 0 Å². The first-order chi connectivity index (χ1) is 28.8. The maximum Gasteiger partial charge on any atom is 0.143 e. The van der Waals surface area contributed by atoms with Gasteiger partial charge in [-0.3, -0.25) is 0 Å². The third-order valence-electron chi connectivity index (χ3n) is 11.5. The lowest BCUT2D eigenvalue weighted by Crippen LogP contribution is -2.09. The van der Waals surface area contributed by atoms with E-state index in [-0.39, 0.29) is 0 Å². The van der Waals surface area contributed by atoms with Crippen LogP contribution in [0.1, 0.15) is 0 Å². The van der Waals surface area contributed by atoms with E-state index in [1.165, 1.54) is 25.7 Å². The summed E-state index contributed by atoms with van der Waals surface area (Å²) in [6.45, 7) is 0. The van der Waals surface area contributed by atoms with Crippen LogP contribution in [0.15, 0.2) is 209 Å². The maximum atomic E-state index is 7.00. The van der Waals surface area contributed by atoms with Gasteiger partial charge in [-0.1, -0.05) is 133 Å². The molecule has 0 N–H and O–H groups in total. The van der Waals surface area contributed by atoms with Gasteiger partial charge in [-0.2, -0.15) is 0 Å². The topological polar surface area (TPSA) is 29.5 Å². The van der Waals surface area contributed by atoms with Crippen molar-refractivity contribution >= 4 is 92.4 Å². The predicted octanol–water partition coefficient (Wildman–Crippen LogP) is 16.3. The number of anilines is 3. The van der Waals surface area contributed by atoms with E-state index in [1.54, 1.807) is 0 Å². The summed E-state index contributed by atoms with van der Waals surface area (Å²) in [4.78, 5) is 2.29. The van der Waals surface area contributed by atoms with Crippen molar-refractivity contribution < 1.29 is 8.83 Å². The molecule has 0 saturated carbocycles. The molecule has 58 heavy (non-hydrogen) atoms. The van der Waals surface area contributed by atoms with Crippen molar-refractivity contribution in [3.8, 4) is 33.4 Å². The molecule has 3 heterocycles. The molecular formula is C54H33NO2S. The summed E-state index contributed by atoms with van der Waals surface area (Å²) < 4.78 is 15.9. The Bertz CT molecular complexity index is 3450. The van der Waals surface area contributed by atoms with Gasteiger partial charge < -0.3 is 13.7 Å². The smallest absolute Gasteiger partial charge is 0.143 e. The minimum Gasteiger partial charge on any atom is -0.456 e. The van der Waals surface area contributed by atoms with Gasteiger partial charge in [-0.25, -0.2) is 0 Å². The highest BCUT2D eigenvalue weighted by Crippen LogP contribution is 2.49. The molecule has 9 aromatic carbocycles. The first-order valence-corrected chi connectivity index (χ1v) is 20.4. The molecular weight excluding hydrogens is 727 g/mol. The number of furan rings is 2. The quantitative estimate of drug-likeness (QED) is 0.169. The number of fused-ring (bicyclic) bond motifs is 10. The number of rotatable bonds is 6. The average Bonchev–Trinajstić information content (AvgIpc) is 3.99. The molecule has 0 spiro atoms. The molecule has 3 aromatic heterocycles. The normalized spacial score (nSPS) is 11.8. The Morgan fingerprint density at radius 1 is 0.345 bits per heavy atom.